The number of nitrogens with zero attached hydrogens (tertiary/aromatic N) is 1. The van der Waals surface area contributed by atoms with Crippen molar-refractivity contribution in [1.29, 1.82) is 0 Å². The molecule has 2 aromatic rings. The van der Waals surface area contributed by atoms with Crippen molar-refractivity contribution in [3.05, 3.63) is 60.2 Å². The maximum absolute atomic E-state index is 11.9. The van der Waals surface area contributed by atoms with E-state index < -0.39 is 11.8 Å². The smallest absolute Gasteiger partial charge is 0.313 e. The van der Waals surface area contributed by atoms with Crippen LogP contribution in [0.2, 0.25) is 0 Å². The molecule has 0 heterocycles. The number of carbonyl (C=O) groups excluding carboxylic acids is 2. The number of amides is 2. The molecule has 126 valence electrons. The van der Waals surface area contributed by atoms with E-state index in [2.05, 4.69) is 10.6 Å². The fraction of sp³-hybridized carbons (Fsp3) is 0.263. The van der Waals surface area contributed by atoms with Gasteiger partial charge in [0, 0.05) is 32.0 Å². The van der Waals surface area contributed by atoms with E-state index in [4.69, 9.17) is 0 Å². The van der Waals surface area contributed by atoms with Crippen molar-refractivity contribution in [1.82, 2.24) is 5.32 Å². The Morgan fingerprint density at radius 2 is 1.58 bits per heavy atom. The zero-order valence-corrected chi connectivity index (χ0v) is 14.2. The highest BCUT2D eigenvalue weighted by Gasteiger charge is 2.15. The van der Waals surface area contributed by atoms with E-state index in [1.165, 1.54) is 0 Å². The van der Waals surface area contributed by atoms with Gasteiger partial charge in [0.1, 0.15) is 0 Å². The van der Waals surface area contributed by atoms with Crippen molar-refractivity contribution in [2.75, 3.05) is 30.9 Å². The quantitative estimate of drug-likeness (QED) is 0.831. The van der Waals surface area contributed by atoms with Crippen molar-refractivity contribution in [2.45, 2.75) is 12.8 Å². The lowest BCUT2D eigenvalue weighted by molar-refractivity contribution is -0.136. The third kappa shape index (κ3) is 4.84. The Balaban J connectivity index is 1.85. The van der Waals surface area contributed by atoms with Crippen LogP contribution in [0.1, 0.15) is 18.4 Å². The highest BCUT2D eigenvalue weighted by atomic mass is 16.2. The third-order valence-corrected chi connectivity index (χ3v) is 3.79. The van der Waals surface area contributed by atoms with Crippen molar-refractivity contribution in [2.24, 2.45) is 0 Å². The molecule has 2 rings (SSSR count). The molecule has 0 aromatic heterocycles. The van der Waals surface area contributed by atoms with Crippen LogP contribution in [-0.4, -0.2) is 32.5 Å². The van der Waals surface area contributed by atoms with Crippen LogP contribution in [0.25, 0.3) is 0 Å². The number of nitrogens with one attached hydrogen (secondary N) is 2. The summed E-state index contributed by atoms with van der Waals surface area (Å²) in [4.78, 5) is 25.8. The Kier molecular flexibility index (Phi) is 5.95. The second-order valence-corrected chi connectivity index (χ2v) is 5.92. The summed E-state index contributed by atoms with van der Waals surface area (Å²) in [5.74, 6) is -1.15. The van der Waals surface area contributed by atoms with Gasteiger partial charge in [0.2, 0.25) is 0 Å². The minimum Gasteiger partial charge on any atom is -0.378 e. The minimum absolute atomic E-state index is 0.141. The summed E-state index contributed by atoms with van der Waals surface area (Å²) < 4.78 is 0. The molecule has 0 bridgehead atoms. The van der Waals surface area contributed by atoms with Gasteiger partial charge in [0.15, 0.2) is 0 Å². The Morgan fingerprint density at radius 3 is 2.17 bits per heavy atom. The molecule has 2 amide bonds. The second-order valence-electron chi connectivity index (χ2n) is 5.92. The van der Waals surface area contributed by atoms with Gasteiger partial charge >= 0.3 is 11.8 Å². The van der Waals surface area contributed by atoms with E-state index >= 15 is 0 Å². The minimum atomic E-state index is -0.659. The number of hydrogen-bond donors (Lipinski definition) is 2. The van der Waals surface area contributed by atoms with Gasteiger partial charge in [-0.3, -0.25) is 9.59 Å². The molecule has 0 aliphatic carbocycles. The molecule has 5 nitrogen and oxygen atoms in total. The number of carbonyl (C=O) groups is 2. The monoisotopic (exact) mass is 325 g/mol. The van der Waals surface area contributed by atoms with Crippen LogP contribution in [0, 0.1) is 0 Å². The highest BCUT2D eigenvalue weighted by molar-refractivity contribution is 6.39. The lowest BCUT2D eigenvalue weighted by Crippen LogP contribution is -2.37. The van der Waals surface area contributed by atoms with E-state index in [0.29, 0.717) is 12.2 Å². The maximum Gasteiger partial charge on any atom is 0.313 e. The number of rotatable bonds is 5. The molecule has 0 spiro atoms. The predicted octanol–water partition coefficient (Wildman–Crippen LogP) is 2.61. The Hall–Kier alpha value is -2.82. The van der Waals surface area contributed by atoms with E-state index in [0.717, 1.165) is 11.3 Å². The van der Waals surface area contributed by atoms with Gasteiger partial charge in [-0.25, -0.2) is 0 Å². The normalized spacial score (nSPS) is 11.5. The van der Waals surface area contributed by atoms with Gasteiger partial charge in [0.05, 0.1) is 0 Å². The average Bonchev–Trinajstić information content (AvgIpc) is 2.60. The molecule has 0 fully saturated rings. The predicted molar refractivity (Wildman–Crippen MR) is 97.3 cm³/mol. The molecule has 0 radical (unpaired) electrons. The van der Waals surface area contributed by atoms with Crippen molar-refractivity contribution in [3.8, 4) is 0 Å². The van der Waals surface area contributed by atoms with E-state index in [-0.39, 0.29) is 5.92 Å². The molecule has 5 heteroatoms. The van der Waals surface area contributed by atoms with Gasteiger partial charge in [-0.15, -0.1) is 0 Å². The molecule has 0 aliphatic heterocycles. The zero-order chi connectivity index (χ0) is 17.5. The molecule has 0 unspecified atom stereocenters. The molecule has 0 aliphatic rings. The fourth-order valence-electron chi connectivity index (χ4n) is 2.26. The largest absolute Gasteiger partial charge is 0.378 e. The van der Waals surface area contributed by atoms with E-state index in [1.807, 2.05) is 68.4 Å². The summed E-state index contributed by atoms with van der Waals surface area (Å²) in [5, 5.41) is 5.27. The van der Waals surface area contributed by atoms with Crippen LogP contribution in [0.4, 0.5) is 11.4 Å². The van der Waals surface area contributed by atoms with Gasteiger partial charge in [-0.2, -0.15) is 0 Å². The highest BCUT2D eigenvalue weighted by Crippen LogP contribution is 2.16. The zero-order valence-electron chi connectivity index (χ0n) is 14.2. The van der Waals surface area contributed by atoms with Crippen LogP contribution >= 0.6 is 0 Å². The standard InChI is InChI=1S/C19H23N3O2/c1-14(15-7-5-4-6-8-15)13-20-18(23)19(24)21-16-9-11-17(12-10-16)22(2)3/h4-12,14H,13H2,1-3H3,(H,20,23)(H,21,24)/t14-/m0/s1. The summed E-state index contributed by atoms with van der Waals surface area (Å²) in [6.07, 6.45) is 0. The summed E-state index contributed by atoms with van der Waals surface area (Å²) >= 11 is 0. The van der Waals surface area contributed by atoms with Gasteiger partial charge in [-0.1, -0.05) is 37.3 Å². The number of anilines is 2. The summed E-state index contributed by atoms with van der Waals surface area (Å²) in [5.41, 5.74) is 2.74. The second kappa shape index (κ2) is 8.15. The van der Waals surface area contributed by atoms with E-state index in [1.54, 1.807) is 12.1 Å². The lowest BCUT2D eigenvalue weighted by Gasteiger charge is -2.14. The lowest BCUT2D eigenvalue weighted by atomic mass is 10.0. The first-order chi connectivity index (χ1) is 11.5. The molecule has 2 N–H and O–H groups in total. The molecule has 0 saturated heterocycles. The summed E-state index contributed by atoms with van der Waals surface area (Å²) in [6.45, 7) is 2.42. The number of benzene rings is 2. The van der Waals surface area contributed by atoms with Gasteiger partial charge < -0.3 is 15.5 Å². The molecular formula is C19H23N3O2. The molecule has 0 saturated carbocycles. The van der Waals surface area contributed by atoms with Crippen LogP contribution < -0.4 is 15.5 Å². The molecule has 1 atom stereocenters. The first-order valence-corrected chi connectivity index (χ1v) is 7.89. The van der Waals surface area contributed by atoms with Crippen molar-refractivity contribution in [3.63, 3.8) is 0 Å². The Labute approximate surface area is 142 Å². The molecule has 2 aromatic carbocycles. The average molecular weight is 325 g/mol. The first kappa shape index (κ1) is 17.5. The van der Waals surface area contributed by atoms with Crippen LogP contribution in [0.3, 0.4) is 0 Å². The van der Waals surface area contributed by atoms with Crippen LogP contribution in [0.15, 0.2) is 54.6 Å². The van der Waals surface area contributed by atoms with Crippen LogP contribution in [-0.2, 0) is 9.59 Å². The fourth-order valence-corrected chi connectivity index (χ4v) is 2.26. The van der Waals surface area contributed by atoms with Crippen molar-refractivity contribution < 1.29 is 9.59 Å². The summed E-state index contributed by atoms with van der Waals surface area (Å²) in [7, 11) is 3.88. The van der Waals surface area contributed by atoms with Gasteiger partial charge in [0.25, 0.3) is 0 Å². The van der Waals surface area contributed by atoms with Crippen molar-refractivity contribution >= 4 is 23.2 Å². The summed E-state index contributed by atoms with van der Waals surface area (Å²) in [6, 6.07) is 17.2. The molecule has 24 heavy (non-hydrogen) atoms. The third-order valence-electron chi connectivity index (χ3n) is 3.79. The Bertz CT molecular complexity index is 682. The van der Waals surface area contributed by atoms with E-state index in [9.17, 15) is 9.59 Å². The topological polar surface area (TPSA) is 61.4 Å². The van der Waals surface area contributed by atoms with Crippen LogP contribution in [0.5, 0.6) is 0 Å². The van der Waals surface area contributed by atoms with Gasteiger partial charge in [-0.05, 0) is 35.7 Å². The first-order valence-electron chi connectivity index (χ1n) is 7.89. The number of hydrogen-bond acceptors (Lipinski definition) is 3. The SMILES string of the molecule is C[C@@H](CNC(=O)C(=O)Nc1ccc(N(C)C)cc1)c1ccccc1. The molecular weight excluding hydrogens is 302 g/mol. The Morgan fingerprint density at radius 1 is 0.958 bits per heavy atom. The maximum atomic E-state index is 11.9.